The summed E-state index contributed by atoms with van der Waals surface area (Å²) in [5, 5.41) is 14.7. The van der Waals surface area contributed by atoms with Gasteiger partial charge in [0.2, 0.25) is 11.7 Å². The maximum atomic E-state index is 12.1. The number of hydrogen-bond acceptors (Lipinski definition) is 5. The first-order valence-corrected chi connectivity index (χ1v) is 8.56. The van der Waals surface area contributed by atoms with Gasteiger partial charge in [0.1, 0.15) is 0 Å². The number of anilines is 1. The van der Waals surface area contributed by atoms with Gasteiger partial charge >= 0.3 is 0 Å². The van der Waals surface area contributed by atoms with Gasteiger partial charge in [-0.3, -0.25) is 9.59 Å². The van der Waals surface area contributed by atoms with E-state index in [-0.39, 0.29) is 24.7 Å². The normalized spacial score (nSPS) is 10.1. The molecule has 138 valence electrons. The first-order chi connectivity index (χ1) is 13.6. The molecule has 3 rings (SSSR count). The molecule has 0 radical (unpaired) electrons. The molecule has 7 nitrogen and oxygen atoms in total. The van der Waals surface area contributed by atoms with Crippen LogP contribution in [0.4, 0.5) is 5.69 Å². The Balaban J connectivity index is 1.90. The minimum atomic E-state index is -0.420. The van der Waals surface area contributed by atoms with Gasteiger partial charge < -0.3 is 10.6 Å². The minimum absolute atomic E-state index is 0.0505. The van der Waals surface area contributed by atoms with Crippen molar-refractivity contribution in [3.8, 4) is 17.2 Å². The lowest BCUT2D eigenvalue weighted by Gasteiger charge is -2.08. The van der Waals surface area contributed by atoms with Crippen molar-refractivity contribution in [1.29, 1.82) is 5.26 Å². The number of aromatic nitrogens is 2. The molecule has 0 fully saturated rings. The van der Waals surface area contributed by atoms with E-state index in [4.69, 9.17) is 5.26 Å². The fraction of sp³-hybridized carbons (Fsp3) is 0.0952. The van der Waals surface area contributed by atoms with Crippen molar-refractivity contribution in [1.82, 2.24) is 15.3 Å². The molecular formula is C21H17N5O2. The smallest absolute Gasteiger partial charge is 0.289 e. The van der Waals surface area contributed by atoms with E-state index in [1.165, 1.54) is 6.08 Å². The Kier molecular flexibility index (Phi) is 5.72. The molecule has 0 bridgehead atoms. The second kappa shape index (κ2) is 8.56. The number of nitriles is 1. The summed E-state index contributed by atoms with van der Waals surface area (Å²) in [5.74, 6) is -0.651. The molecule has 1 heterocycles. The molecule has 0 aliphatic carbocycles. The van der Waals surface area contributed by atoms with Crippen molar-refractivity contribution < 1.29 is 9.59 Å². The summed E-state index contributed by atoms with van der Waals surface area (Å²) < 4.78 is 0. The number of rotatable bonds is 6. The van der Waals surface area contributed by atoms with Gasteiger partial charge in [0.15, 0.2) is 0 Å². The number of fused-ring (bicyclic) bond motifs is 1. The largest absolute Gasteiger partial charge is 0.348 e. The maximum Gasteiger partial charge on any atom is 0.289 e. The SMILES string of the molecule is C=CC(=O)Nc1cccc(-c2ccc3cnc(C(=O)NCCC#N)nc3c2)c1. The van der Waals surface area contributed by atoms with Gasteiger partial charge in [-0.05, 0) is 35.4 Å². The molecule has 2 N–H and O–H groups in total. The molecule has 1 aromatic heterocycles. The van der Waals surface area contributed by atoms with Crippen molar-refractivity contribution in [2.75, 3.05) is 11.9 Å². The average Bonchev–Trinajstić information content (AvgIpc) is 2.73. The Morgan fingerprint density at radius 1 is 1.18 bits per heavy atom. The fourth-order valence-electron chi connectivity index (χ4n) is 2.59. The zero-order valence-corrected chi connectivity index (χ0v) is 15.0. The predicted molar refractivity (Wildman–Crippen MR) is 106 cm³/mol. The molecule has 2 amide bonds. The van der Waals surface area contributed by atoms with E-state index in [9.17, 15) is 9.59 Å². The van der Waals surface area contributed by atoms with E-state index in [1.807, 2.05) is 42.5 Å². The summed E-state index contributed by atoms with van der Waals surface area (Å²) in [7, 11) is 0. The molecular weight excluding hydrogens is 354 g/mol. The van der Waals surface area contributed by atoms with Crippen LogP contribution in [0.5, 0.6) is 0 Å². The first kappa shape index (κ1) is 18.7. The topological polar surface area (TPSA) is 108 Å². The maximum absolute atomic E-state index is 12.1. The quantitative estimate of drug-likeness (QED) is 0.511. The summed E-state index contributed by atoms with van der Waals surface area (Å²) >= 11 is 0. The number of amides is 2. The molecule has 0 unspecified atom stereocenters. The van der Waals surface area contributed by atoms with Crippen LogP contribution in [0.15, 0.2) is 61.3 Å². The fourth-order valence-corrected chi connectivity index (χ4v) is 2.59. The third-order valence-electron chi connectivity index (χ3n) is 3.96. The molecule has 0 aliphatic heterocycles. The van der Waals surface area contributed by atoms with E-state index in [1.54, 1.807) is 12.3 Å². The Bertz CT molecular complexity index is 1100. The molecule has 0 saturated heterocycles. The molecule has 3 aromatic rings. The molecule has 28 heavy (non-hydrogen) atoms. The minimum Gasteiger partial charge on any atom is -0.348 e. The second-order valence-corrected chi connectivity index (χ2v) is 5.91. The predicted octanol–water partition coefficient (Wildman–Crippen LogP) is 3.06. The van der Waals surface area contributed by atoms with Crippen LogP contribution in [0.25, 0.3) is 22.0 Å². The monoisotopic (exact) mass is 371 g/mol. The number of nitrogens with one attached hydrogen (secondary N) is 2. The van der Waals surface area contributed by atoms with Gasteiger partial charge in [-0.25, -0.2) is 9.97 Å². The van der Waals surface area contributed by atoms with Gasteiger partial charge in [-0.15, -0.1) is 0 Å². The lowest BCUT2D eigenvalue weighted by Crippen LogP contribution is -2.26. The van der Waals surface area contributed by atoms with E-state index in [2.05, 4.69) is 27.2 Å². The van der Waals surface area contributed by atoms with Crippen LogP contribution in [0.1, 0.15) is 17.0 Å². The van der Waals surface area contributed by atoms with Crippen molar-refractivity contribution in [3.63, 3.8) is 0 Å². The lowest BCUT2D eigenvalue weighted by molar-refractivity contribution is -0.111. The van der Waals surface area contributed by atoms with Gasteiger partial charge in [0.05, 0.1) is 18.0 Å². The third-order valence-corrected chi connectivity index (χ3v) is 3.96. The number of nitrogens with zero attached hydrogens (tertiary/aromatic N) is 3. The zero-order chi connectivity index (χ0) is 19.9. The van der Waals surface area contributed by atoms with Crippen LogP contribution in [0, 0.1) is 11.3 Å². The molecule has 0 aliphatic rings. The Labute approximate surface area is 161 Å². The molecule has 2 aromatic carbocycles. The Morgan fingerprint density at radius 3 is 2.79 bits per heavy atom. The molecule has 7 heteroatoms. The standard InChI is InChI=1S/C21H17N5O2/c1-2-19(27)25-17-6-3-5-14(11-17)15-7-8-16-13-24-20(26-18(16)12-15)21(28)23-10-4-9-22/h2-3,5-8,11-13H,1,4,10H2,(H,23,28)(H,25,27). The highest BCUT2D eigenvalue weighted by molar-refractivity contribution is 5.99. The molecule has 0 atom stereocenters. The molecule has 0 saturated carbocycles. The van der Waals surface area contributed by atoms with Crippen molar-refractivity contribution in [2.45, 2.75) is 6.42 Å². The van der Waals surface area contributed by atoms with Gasteiger partial charge in [-0.2, -0.15) is 5.26 Å². The summed E-state index contributed by atoms with van der Waals surface area (Å²) in [5.41, 5.74) is 3.06. The van der Waals surface area contributed by atoms with Crippen molar-refractivity contribution in [3.05, 3.63) is 67.1 Å². The number of carbonyl (C=O) groups excluding carboxylic acids is 2. The van der Waals surface area contributed by atoms with Crippen molar-refractivity contribution in [2.24, 2.45) is 0 Å². The highest BCUT2D eigenvalue weighted by Crippen LogP contribution is 2.25. The van der Waals surface area contributed by atoms with E-state index >= 15 is 0 Å². The van der Waals surface area contributed by atoms with E-state index in [0.717, 1.165) is 16.5 Å². The van der Waals surface area contributed by atoms with Gasteiger partial charge in [-0.1, -0.05) is 30.8 Å². The third kappa shape index (κ3) is 4.37. The molecule has 0 spiro atoms. The Hall–Kier alpha value is -4.05. The van der Waals surface area contributed by atoms with E-state index in [0.29, 0.717) is 11.2 Å². The number of benzene rings is 2. The highest BCUT2D eigenvalue weighted by Gasteiger charge is 2.10. The van der Waals surface area contributed by atoms with Gasteiger partial charge in [0.25, 0.3) is 5.91 Å². The summed E-state index contributed by atoms with van der Waals surface area (Å²) in [6.45, 7) is 3.69. The van der Waals surface area contributed by atoms with Crippen LogP contribution in [-0.4, -0.2) is 28.3 Å². The van der Waals surface area contributed by atoms with Crippen LogP contribution in [0.2, 0.25) is 0 Å². The zero-order valence-electron chi connectivity index (χ0n) is 15.0. The van der Waals surface area contributed by atoms with Crippen LogP contribution < -0.4 is 10.6 Å². The van der Waals surface area contributed by atoms with Crippen LogP contribution >= 0.6 is 0 Å². The average molecular weight is 371 g/mol. The lowest BCUT2D eigenvalue weighted by atomic mass is 10.0. The Morgan fingerprint density at radius 2 is 2.00 bits per heavy atom. The second-order valence-electron chi connectivity index (χ2n) is 5.91. The summed E-state index contributed by atoms with van der Waals surface area (Å²) in [6.07, 6.45) is 3.02. The summed E-state index contributed by atoms with van der Waals surface area (Å²) in [6, 6.07) is 15.0. The van der Waals surface area contributed by atoms with Crippen LogP contribution in [-0.2, 0) is 4.79 Å². The van der Waals surface area contributed by atoms with Crippen LogP contribution in [0.3, 0.4) is 0 Å². The highest BCUT2D eigenvalue weighted by atomic mass is 16.2. The number of hydrogen-bond donors (Lipinski definition) is 2. The van der Waals surface area contributed by atoms with Crippen molar-refractivity contribution >= 4 is 28.4 Å². The van der Waals surface area contributed by atoms with E-state index < -0.39 is 5.91 Å². The summed E-state index contributed by atoms with van der Waals surface area (Å²) in [4.78, 5) is 32.0. The van der Waals surface area contributed by atoms with Gasteiger partial charge in [0, 0.05) is 23.8 Å². The first-order valence-electron chi connectivity index (χ1n) is 8.56. The number of carbonyl (C=O) groups is 2.